The summed E-state index contributed by atoms with van der Waals surface area (Å²) in [5.74, 6) is -2.11. The fourth-order valence-electron chi connectivity index (χ4n) is 3.43. The van der Waals surface area contributed by atoms with Crippen molar-refractivity contribution < 1.29 is 23.0 Å². The van der Waals surface area contributed by atoms with Crippen molar-refractivity contribution in [1.82, 2.24) is 19.7 Å². The zero-order valence-corrected chi connectivity index (χ0v) is 17.8. The van der Waals surface area contributed by atoms with E-state index >= 15 is 0 Å². The Kier molecular flexibility index (Phi) is 6.28. The Labute approximate surface area is 183 Å². The molecule has 32 heavy (non-hydrogen) atoms. The second-order valence-electron chi connectivity index (χ2n) is 7.48. The maximum atomic E-state index is 13.9. The second-order valence-corrected chi connectivity index (χ2v) is 7.48. The van der Waals surface area contributed by atoms with Crippen molar-refractivity contribution in [3.05, 3.63) is 36.2 Å². The summed E-state index contributed by atoms with van der Waals surface area (Å²) in [7, 11) is 1.52. The molecule has 3 aromatic heterocycles. The van der Waals surface area contributed by atoms with Crippen molar-refractivity contribution in [2.45, 2.75) is 19.3 Å². The predicted molar refractivity (Wildman–Crippen MR) is 114 cm³/mol. The third-order valence-electron chi connectivity index (χ3n) is 5.06. The summed E-state index contributed by atoms with van der Waals surface area (Å²) in [6.07, 6.45) is 1.80. The molecule has 9 nitrogen and oxygen atoms in total. The molecule has 0 aromatic carbocycles. The Balaban J connectivity index is 1.79. The molecule has 1 aliphatic rings. The van der Waals surface area contributed by atoms with Crippen molar-refractivity contribution in [3.8, 4) is 5.82 Å². The van der Waals surface area contributed by atoms with E-state index in [1.165, 1.54) is 23.9 Å². The van der Waals surface area contributed by atoms with Gasteiger partial charge in [-0.2, -0.15) is 8.78 Å². The minimum Gasteiger partial charge on any atom is -0.384 e. The first-order valence-corrected chi connectivity index (χ1v) is 10.2. The third kappa shape index (κ3) is 4.68. The number of nitrogens with zero attached hydrogens (tertiary/aromatic N) is 5. The molecule has 3 aromatic rings. The van der Waals surface area contributed by atoms with Crippen LogP contribution in [0.3, 0.4) is 0 Å². The first kappa shape index (κ1) is 22.0. The Morgan fingerprint density at radius 3 is 2.81 bits per heavy atom. The highest BCUT2D eigenvalue weighted by Crippen LogP contribution is 2.31. The number of amides is 1. The highest BCUT2D eigenvalue weighted by Gasteiger charge is 2.27. The topological polar surface area (TPSA) is 94.4 Å². The van der Waals surface area contributed by atoms with Gasteiger partial charge in [-0.05, 0) is 12.1 Å². The fraction of sp³-hybridized carbons (Fsp3) is 0.429. The Morgan fingerprint density at radius 1 is 1.31 bits per heavy atom. The van der Waals surface area contributed by atoms with Gasteiger partial charge in [0.25, 0.3) is 5.92 Å². The van der Waals surface area contributed by atoms with Gasteiger partial charge in [-0.15, -0.1) is 5.10 Å². The van der Waals surface area contributed by atoms with Crippen LogP contribution in [-0.2, 0) is 20.2 Å². The summed E-state index contributed by atoms with van der Waals surface area (Å²) in [5.41, 5.74) is 0.237. The van der Waals surface area contributed by atoms with Crippen molar-refractivity contribution in [1.29, 1.82) is 0 Å². The molecule has 0 unspecified atom stereocenters. The number of hydrogen-bond acceptors (Lipinski definition) is 7. The molecule has 0 spiro atoms. The summed E-state index contributed by atoms with van der Waals surface area (Å²) in [4.78, 5) is 22.6. The molecule has 0 aliphatic carbocycles. The van der Waals surface area contributed by atoms with Gasteiger partial charge in [0, 0.05) is 39.4 Å². The maximum Gasteiger partial charge on any atom is 0.287 e. The zero-order chi connectivity index (χ0) is 22.7. The molecule has 4 heterocycles. The molecule has 0 atom stereocenters. The quantitative estimate of drug-likeness (QED) is 0.596. The fourth-order valence-corrected chi connectivity index (χ4v) is 3.43. The summed E-state index contributed by atoms with van der Waals surface area (Å²) in [6, 6.07) is 6.07. The van der Waals surface area contributed by atoms with E-state index in [-0.39, 0.29) is 30.4 Å². The number of hydrogen-bond donors (Lipinski definition) is 1. The van der Waals surface area contributed by atoms with E-state index in [4.69, 9.17) is 9.47 Å². The normalized spacial score (nSPS) is 14.7. The first-order chi connectivity index (χ1) is 15.4. The average Bonchev–Trinajstić information content (AvgIpc) is 3.17. The van der Waals surface area contributed by atoms with Gasteiger partial charge in [-0.25, -0.2) is 14.6 Å². The van der Waals surface area contributed by atoms with Crippen LogP contribution in [0.4, 0.5) is 20.4 Å². The maximum absolute atomic E-state index is 13.9. The summed E-state index contributed by atoms with van der Waals surface area (Å²) < 4.78 is 39.6. The number of rotatable bonds is 7. The number of halogens is 2. The Bertz CT molecular complexity index is 1110. The summed E-state index contributed by atoms with van der Waals surface area (Å²) >= 11 is 0. The number of ether oxygens (including phenoxy) is 2. The van der Waals surface area contributed by atoms with Gasteiger partial charge < -0.3 is 19.7 Å². The molecule has 11 heteroatoms. The zero-order valence-electron chi connectivity index (χ0n) is 17.8. The van der Waals surface area contributed by atoms with Gasteiger partial charge >= 0.3 is 0 Å². The minimum absolute atomic E-state index is 0.184. The number of fused-ring (bicyclic) bond motifs is 1. The molecule has 170 valence electrons. The Hall–Kier alpha value is -3.18. The van der Waals surface area contributed by atoms with Gasteiger partial charge in [-0.1, -0.05) is 6.07 Å². The SMILES string of the molecule is COCCC(=O)Nc1cc2c(cn1)c(N1CCOCC1)nn2-c1cccc(C(C)(F)F)n1. The van der Waals surface area contributed by atoms with Crippen molar-refractivity contribution >= 4 is 28.4 Å². The molecule has 0 bridgehead atoms. The van der Waals surface area contributed by atoms with Crippen LogP contribution in [0.5, 0.6) is 0 Å². The summed E-state index contributed by atoms with van der Waals surface area (Å²) in [5, 5.41) is 8.13. The number of pyridine rings is 2. The van der Waals surface area contributed by atoms with Crippen LogP contribution >= 0.6 is 0 Å². The molecule has 1 N–H and O–H groups in total. The van der Waals surface area contributed by atoms with E-state index in [2.05, 4.69) is 25.3 Å². The number of carbonyl (C=O) groups excluding carboxylic acids is 1. The van der Waals surface area contributed by atoms with Crippen LogP contribution in [0, 0.1) is 0 Å². The number of aromatic nitrogens is 4. The number of alkyl halides is 2. The highest BCUT2D eigenvalue weighted by molar-refractivity contribution is 5.95. The van der Waals surface area contributed by atoms with Crippen LogP contribution in [0.15, 0.2) is 30.5 Å². The second kappa shape index (κ2) is 9.13. The molecular weight excluding hydrogens is 422 g/mol. The van der Waals surface area contributed by atoms with Gasteiger partial charge in [-0.3, -0.25) is 4.79 Å². The van der Waals surface area contributed by atoms with Gasteiger partial charge in [0.2, 0.25) is 5.91 Å². The highest BCUT2D eigenvalue weighted by atomic mass is 19.3. The molecule has 1 fully saturated rings. The van der Waals surface area contributed by atoms with Gasteiger partial charge in [0.1, 0.15) is 11.5 Å². The van der Waals surface area contributed by atoms with Crippen LogP contribution in [-0.4, -0.2) is 65.7 Å². The predicted octanol–water partition coefficient (Wildman–Crippen LogP) is 2.74. The largest absolute Gasteiger partial charge is 0.384 e. The lowest BCUT2D eigenvalue weighted by Crippen LogP contribution is -2.36. The van der Waals surface area contributed by atoms with Gasteiger partial charge in [0.15, 0.2) is 11.6 Å². The van der Waals surface area contributed by atoms with E-state index < -0.39 is 5.92 Å². The molecule has 4 rings (SSSR count). The van der Waals surface area contributed by atoms with Crippen LogP contribution in [0.1, 0.15) is 19.0 Å². The average molecular weight is 446 g/mol. The monoisotopic (exact) mass is 446 g/mol. The summed E-state index contributed by atoms with van der Waals surface area (Å²) in [6.45, 7) is 3.49. The molecule has 0 radical (unpaired) electrons. The third-order valence-corrected chi connectivity index (χ3v) is 5.06. The van der Waals surface area contributed by atoms with Gasteiger partial charge in [0.05, 0.1) is 37.1 Å². The number of anilines is 2. The molecular formula is C21H24F2N6O3. The molecule has 0 saturated carbocycles. The van der Waals surface area contributed by atoms with E-state index in [1.54, 1.807) is 18.3 Å². The number of morpholine rings is 1. The number of nitrogens with one attached hydrogen (secondary N) is 1. The number of methoxy groups -OCH3 is 1. The lowest BCUT2D eigenvalue weighted by molar-refractivity contribution is -0.117. The first-order valence-electron chi connectivity index (χ1n) is 10.2. The van der Waals surface area contributed by atoms with E-state index in [0.29, 0.717) is 43.5 Å². The molecule has 1 saturated heterocycles. The van der Waals surface area contributed by atoms with Crippen molar-refractivity contribution in [3.63, 3.8) is 0 Å². The number of carbonyl (C=O) groups is 1. The van der Waals surface area contributed by atoms with Crippen LogP contribution in [0.25, 0.3) is 16.7 Å². The van der Waals surface area contributed by atoms with Crippen molar-refractivity contribution in [2.24, 2.45) is 0 Å². The van der Waals surface area contributed by atoms with E-state index in [9.17, 15) is 13.6 Å². The Morgan fingerprint density at radius 2 is 2.09 bits per heavy atom. The molecule has 1 amide bonds. The standard InChI is InChI=1S/C21H24F2N6O3/c1-21(22,23)16-4-3-5-18(25-16)29-15-12-17(26-19(30)6-9-31-2)24-13-14(15)20(27-29)28-7-10-32-11-8-28/h3-5,12-13H,6-11H2,1-2H3,(H,24,26,30). The lowest BCUT2D eigenvalue weighted by Gasteiger charge is -2.26. The van der Waals surface area contributed by atoms with Crippen molar-refractivity contribution in [2.75, 3.05) is 50.2 Å². The molecule has 1 aliphatic heterocycles. The van der Waals surface area contributed by atoms with E-state index in [1.807, 2.05) is 0 Å². The van der Waals surface area contributed by atoms with Crippen LogP contribution < -0.4 is 10.2 Å². The van der Waals surface area contributed by atoms with E-state index in [0.717, 1.165) is 12.3 Å². The van der Waals surface area contributed by atoms with Crippen LogP contribution in [0.2, 0.25) is 0 Å². The lowest BCUT2D eigenvalue weighted by atomic mass is 10.2. The smallest absolute Gasteiger partial charge is 0.287 e. The minimum atomic E-state index is -3.09.